The second-order valence-electron chi connectivity index (χ2n) is 7.61. The number of hydrogen-bond donors (Lipinski definition) is 1. The summed E-state index contributed by atoms with van der Waals surface area (Å²) in [6.45, 7) is 11.3. The lowest BCUT2D eigenvalue weighted by atomic mass is 10.2. The SMILES string of the molecule is CC.CC/C=C\C=C1/CN=C(Cn2c(CN3CCOCC3)nc3ccc(C(=O)OC)cc32)N1. The lowest BCUT2D eigenvalue weighted by Crippen LogP contribution is -2.36. The van der Waals surface area contributed by atoms with E-state index in [0.29, 0.717) is 18.7 Å². The molecule has 0 saturated carbocycles. The maximum atomic E-state index is 12.1. The number of fused-ring (bicyclic) bond motifs is 1. The van der Waals surface area contributed by atoms with Gasteiger partial charge in [-0.3, -0.25) is 9.89 Å². The number of esters is 1. The number of carbonyl (C=O) groups is 1. The Morgan fingerprint density at radius 2 is 2.03 bits per heavy atom. The van der Waals surface area contributed by atoms with E-state index >= 15 is 0 Å². The Hall–Kier alpha value is -2.97. The van der Waals surface area contributed by atoms with Crippen LogP contribution in [0.2, 0.25) is 0 Å². The van der Waals surface area contributed by atoms with E-state index < -0.39 is 0 Å². The first-order valence-electron chi connectivity index (χ1n) is 11.7. The summed E-state index contributed by atoms with van der Waals surface area (Å²) in [6, 6.07) is 5.50. The van der Waals surface area contributed by atoms with Gasteiger partial charge in [0.1, 0.15) is 11.7 Å². The summed E-state index contributed by atoms with van der Waals surface area (Å²) in [7, 11) is 1.39. The van der Waals surface area contributed by atoms with Crippen LogP contribution < -0.4 is 5.32 Å². The number of ether oxygens (including phenoxy) is 2. The van der Waals surface area contributed by atoms with E-state index in [9.17, 15) is 4.79 Å². The summed E-state index contributed by atoms with van der Waals surface area (Å²) in [5, 5.41) is 3.42. The number of aliphatic imine (C=N–C) groups is 1. The molecule has 0 aliphatic carbocycles. The van der Waals surface area contributed by atoms with Crippen molar-refractivity contribution < 1.29 is 14.3 Å². The van der Waals surface area contributed by atoms with Gasteiger partial charge >= 0.3 is 5.97 Å². The molecule has 1 fully saturated rings. The molecule has 8 nitrogen and oxygen atoms in total. The smallest absolute Gasteiger partial charge is 0.337 e. The molecule has 4 rings (SSSR count). The highest BCUT2D eigenvalue weighted by atomic mass is 16.5. The van der Waals surface area contributed by atoms with Gasteiger partial charge in [-0.05, 0) is 30.7 Å². The van der Waals surface area contributed by atoms with Gasteiger partial charge in [-0.2, -0.15) is 0 Å². The molecule has 0 radical (unpaired) electrons. The molecule has 0 amide bonds. The van der Waals surface area contributed by atoms with Gasteiger partial charge in [0.05, 0.1) is 56.6 Å². The minimum Gasteiger partial charge on any atom is -0.465 e. The van der Waals surface area contributed by atoms with Crippen molar-refractivity contribution >= 4 is 22.8 Å². The van der Waals surface area contributed by atoms with Gasteiger partial charge in [-0.25, -0.2) is 9.78 Å². The number of morpholine rings is 1. The predicted molar refractivity (Wildman–Crippen MR) is 131 cm³/mol. The quantitative estimate of drug-likeness (QED) is 0.646. The topological polar surface area (TPSA) is 81.0 Å². The zero-order chi connectivity index (χ0) is 23.6. The van der Waals surface area contributed by atoms with Crippen molar-refractivity contribution in [2.45, 2.75) is 40.3 Å². The molecule has 1 aromatic carbocycles. The van der Waals surface area contributed by atoms with Crippen LogP contribution in [0.1, 0.15) is 43.4 Å². The van der Waals surface area contributed by atoms with E-state index in [1.54, 1.807) is 6.07 Å². The van der Waals surface area contributed by atoms with Crippen molar-refractivity contribution in [2.75, 3.05) is 40.0 Å². The van der Waals surface area contributed by atoms with Gasteiger partial charge in [-0.15, -0.1) is 0 Å². The summed E-state index contributed by atoms with van der Waals surface area (Å²) in [5.74, 6) is 1.49. The van der Waals surface area contributed by atoms with Crippen LogP contribution in [0.3, 0.4) is 0 Å². The number of imidazole rings is 1. The molecule has 0 atom stereocenters. The largest absolute Gasteiger partial charge is 0.465 e. The minimum absolute atomic E-state index is 0.353. The highest BCUT2D eigenvalue weighted by molar-refractivity contribution is 5.94. The fraction of sp³-hybridized carbons (Fsp3) is 0.480. The molecule has 0 spiro atoms. The first kappa shape index (κ1) is 24.7. The van der Waals surface area contributed by atoms with Crippen LogP contribution >= 0.6 is 0 Å². The van der Waals surface area contributed by atoms with Crippen LogP contribution in [0.15, 0.2) is 47.1 Å². The van der Waals surface area contributed by atoms with Gasteiger partial charge in [0.2, 0.25) is 0 Å². The van der Waals surface area contributed by atoms with Crippen LogP contribution in [-0.2, 0) is 22.6 Å². The third kappa shape index (κ3) is 6.30. The van der Waals surface area contributed by atoms with E-state index in [-0.39, 0.29) is 5.97 Å². The van der Waals surface area contributed by atoms with Crippen LogP contribution in [0.5, 0.6) is 0 Å². The fourth-order valence-electron chi connectivity index (χ4n) is 3.77. The molecule has 178 valence electrons. The molecule has 2 aromatic rings. The Bertz CT molecular complexity index is 1030. The van der Waals surface area contributed by atoms with Crippen molar-refractivity contribution in [3.05, 3.63) is 53.5 Å². The van der Waals surface area contributed by atoms with Crippen molar-refractivity contribution in [1.82, 2.24) is 19.8 Å². The van der Waals surface area contributed by atoms with Crippen molar-refractivity contribution in [3.8, 4) is 0 Å². The Labute approximate surface area is 196 Å². The molecule has 1 aromatic heterocycles. The van der Waals surface area contributed by atoms with E-state index in [1.807, 2.05) is 26.0 Å². The number of allylic oxidation sites excluding steroid dienone is 3. The molecular formula is C25H35N5O3. The summed E-state index contributed by atoms with van der Waals surface area (Å²) in [6.07, 6.45) is 7.24. The molecule has 8 heteroatoms. The maximum Gasteiger partial charge on any atom is 0.337 e. The minimum atomic E-state index is -0.353. The van der Waals surface area contributed by atoms with Crippen LogP contribution in [-0.4, -0.2) is 66.2 Å². The van der Waals surface area contributed by atoms with Gasteiger partial charge < -0.3 is 19.4 Å². The average Bonchev–Trinajstić information content (AvgIpc) is 3.45. The second-order valence-corrected chi connectivity index (χ2v) is 7.61. The number of nitrogens with one attached hydrogen (secondary N) is 1. The molecular weight excluding hydrogens is 418 g/mol. The van der Waals surface area contributed by atoms with Crippen molar-refractivity contribution in [1.29, 1.82) is 0 Å². The lowest BCUT2D eigenvalue weighted by Gasteiger charge is -2.26. The number of methoxy groups -OCH3 is 1. The Morgan fingerprint density at radius 1 is 1.24 bits per heavy atom. The second kappa shape index (κ2) is 12.3. The van der Waals surface area contributed by atoms with E-state index in [1.165, 1.54) is 7.11 Å². The fourth-order valence-corrected chi connectivity index (χ4v) is 3.77. The van der Waals surface area contributed by atoms with Crippen LogP contribution in [0, 0.1) is 0 Å². The molecule has 0 bridgehead atoms. The third-order valence-corrected chi connectivity index (χ3v) is 5.44. The van der Waals surface area contributed by atoms with E-state index in [4.69, 9.17) is 14.5 Å². The molecule has 33 heavy (non-hydrogen) atoms. The Morgan fingerprint density at radius 3 is 2.76 bits per heavy atom. The van der Waals surface area contributed by atoms with Crippen molar-refractivity contribution in [3.63, 3.8) is 0 Å². The first-order chi connectivity index (χ1) is 16.2. The lowest BCUT2D eigenvalue weighted by molar-refractivity contribution is 0.0327. The Kier molecular flexibility index (Phi) is 9.21. The molecule has 2 aliphatic rings. The zero-order valence-electron chi connectivity index (χ0n) is 20.1. The van der Waals surface area contributed by atoms with Gasteiger partial charge in [0, 0.05) is 18.8 Å². The zero-order valence-corrected chi connectivity index (χ0v) is 20.1. The molecule has 0 unspecified atom stereocenters. The molecule has 2 aliphatic heterocycles. The normalized spacial score (nSPS) is 17.7. The van der Waals surface area contributed by atoms with Gasteiger partial charge in [0.15, 0.2) is 0 Å². The standard InChI is InChI=1S/C23H29N5O3.C2H6/c1-3-4-5-6-18-14-24-21(25-18)15-28-20-13-17(23(29)30-2)7-8-19(20)26-22(28)16-27-9-11-31-12-10-27;1-2/h4-8,13H,3,9-12,14-16H2,1-2H3,(H,24,25);1-2H3/b5-4-,18-6+;. The number of benzene rings is 1. The highest BCUT2D eigenvalue weighted by Crippen LogP contribution is 2.21. The average molecular weight is 454 g/mol. The van der Waals surface area contributed by atoms with E-state index in [2.05, 4.69) is 44.9 Å². The number of hydrogen-bond acceptors (Lipinski definition) is 7. The number of nitrogens with zero attached hydrogens (tertiary/aromatic N) is 4. The van der Waals surface area contributed by atoms with Gasteiger partial charge in [0.25, 0.3) is 0 Å². The van der Waals surface area contributed by atoms with Gasteiger partial charge in [-0.1, -0.05) is 32.9 Å². The number of amidine groups is 1. The summed E-state index contributed by atoms with van der Waals surface area (Å²) in [4.78, 5) is 24.0. The van der Waals surface area contributed by atoms with Crippen LogP contribution in [0.25, 0.3) is 11.0 Å². The predicted octanol–water partition coefficient (Wildman–Crippen LogP) is 3.53. The molecule has 1 N–H and O–H groups in total. The molecule has 1 saturated heterocycles. The summed E-state index contributed by atoms with van der Waals surface area (Å²) < 4.78 is 12.5. The Balaban J connectivity index is 0.00000149. The third-order valence-electron chi connectivity index (χ3n) is 5.44. The summed E-state index contributed by atoms with van der Waals surface area (Å²) >= 11 is 0. The van der Waals surface area contributed by atoms with Crippen LogP contribution in [0.4, 0.5) is 0 Å². The van der Waals surface area contributed by atoms with Crippen molar-refractivity contribution in [2.24, 2.45) is 4.99 Å². The monoisotopic (exact) mass is 453 g/mol. The first-order valence-corrected chi connectivity index (χ1v) is 11.7. The van der Waals surface area contributed by atoms with E-state index in [0.717, 1.165) is 67.7 Å². The molecule has 3 heterocycles. The number of rotatable bonds is 7. The number of carbonyl (C=O) groups excluding carboxylic acids is 1. The number of aromatic nitrogens is 2. The highest BCUT2D eigenvalue weighted by Gasteiger charge is 2.20. The maximum absolute atomic E-state index is 12.1. The summed E-state index contributed by atoms with van der Waals surface area (Å²) in [5.41, 5.74) is 3.35.